The molecule has 0 spiro atoms. The van der Waals surface area contributed by atoms with Crippen molar-refractivity contribution in [2.24, 2.45) is 5.92 Å². The Morgan fingerprint density at radius 2 is 1.93 bits per heavy atom. The van der Waals surface area contributed by atoms with Crippen molar-refractivity contribution in [1.82, 2.24) is 4.90 Å². The van der Waals surface area contributed by atoms with Crippen molar-refractivity contribution in [2.75, 3.05) is 19.6 Å². The lowest BCUT2D eigenvalue weighted by Gasteiger charge is -2.23. The molecule has 0 aliphatic heterocycles. The summed E-state index contributed by atoms with van der Waals surface area (Å²) >= 11 is 0. The molecule has 1 N–H and O–H groups in total. The molecule has 0 aromatic heterocycles. The van der Waals surface area contributed by atoms with Crippen molar-refractivity contribution in [2.45, 2.75) is 33.6 Å². The van der Waals surface area contributed by atoms with E-state index < -0.39 is 5.97 Å². The Kier molecular flexibility index (Phi) is 8.01. The molecule has 0 aromatic rings. The van der Waals surface area contributed by atoms with Crippen LogP contribution < -0.4 is 0 Å². The zero-order valence-electron chi connectivity index (χ0n) is 10.1. The Hall–Kier alpha value is -0.830. The lowest BCUT2D eigenvalue weighted by Crippen LogP contribution is -2.29. The Balaban J connectivity index is 3.96. The summed E-state index contributed by atoms with van der Waals surface area (Å²) in [4.78, 5) is 12.6. The maximum atomic E-state index is 10.3. The highest BCUT2D eigenvalue weighted by Gasteiger charge is 2.08. The molecule has 0 rings (SSSR count). The summed E-state index contributed by atoms with van der Waals surface area (Å²) in [5.41, 5.74) is 0. The van der Waals surface area contributed by atoms with Crippen LogP contribution in [-0.2, 0) is 4.79 Å². The number of carboxylic acids is 1. The van der Waals surface area contributed by atoms with Gasteiger partial charge in [-0.1, -0.05) is 39.7 Å². The maximum Gasteiger partial charge on any atom is 0.328 e. The predicted octanol–water partition coefficient (Wildman–Crippen LogP) is 2.39. The quantitative estimate of drug-likeness (QED) is 0.629. The molecule has 88 valence electrons. The van der Waals surface area contributed by atoms with Gasteiger partial charge in [-0.25, -0.2) is 4.79 Å². The van der Waals surface area contributed by atoms with Crippen LogP contribution in [0.1, 0.15) is 33.6 Å². The summed E-state index contributed by atoms with van der Waals surface area (Å²) in [6.07, 6.45) is 5.31. The number of carboxylic acid groups (broad SMARTS) is 1. The zero-order valence-corrected chi connectivity index (χ0v) is 10.1. The molecular weight excluding hydrogens is 190 g/mol. The Morgan fingerprint density at radius 1 is 1.33 bits per heavy atom. The molecule has 0 amide bonds. The Morgan fingerprint density at radius 3 is 2.33 bits per heavy atom. The van der Waals surface area contributed by atoms with Crippen molar-refractivity contribution < 1.29 is 9.90 Å². The highest BCUT2D eigenvalue weighted by Crippen LogP contribution is 2.09. The predicted molar refractivity (Wildman–Crippen MR) is 63.0 cm³/mol. The Bertz CT molecular complexity index is 198. The fraction of sp³-hybridized carbons (Fsp3) is 0.750. The van der Waals surface area contributed by atoms with Gasteiger partial charge >= 0.3 is 5.97 Å². The molecule has 0 fully saturated rings. The number of hydrogen-bond acceptors (Lipinski definition) is 2. The van der Waals surface area contributed by atoms with E-state index in [1.54, 1.807) is 6.08 Å². The number of nitrogens with zero attached hydrogens (tertiary/aromatic N) is 1. The molecule has 0 heterocycles. The second kappa shape index (κ2) is 8.48. The van der Waals surface area contributed by atoms with Crippen LogP contribution in [0.15, 0.2) is 12.2 Å². The summed E-state index contributed by atoms with van der Waals surface area (Å²) in [7, 11) is 0. The fourth-order valence-electron chi connectivity index (χ4n) is 1.55. The average Bonchev–Trinajstić information content (AvgIpc) is 2.22. The van der Waals surface area contributed by atoms with Crippen molar-refractivity contribution in [3.63, 3.8) is 0 Å². The fourth-order valence-corrected chi connectivity index (χ4v) is 1.55. The molecule has 3 nitrogen and oxygen atoms in total. The minimum absolute atomic E-state index is 0.725. The third kappa shape index (κ3) is 7.14. The largest absolute Gasteiger partial charge is 0.478 e. The second-order valence-corrected chi connectivity index (χ2v) is 3.78. The van der Waals surface area contributed by atoms with Gasteiger partial charge in [0.25, 0.3) is 0 Å². The number of carbonyl (C=O) groups is 1. The van der Waals surface area contributed by atoms with E-state index in [1.165, 1.54) is 18.9 Å². The normalized spacial score (nSPS) is 11.8. The smallest absolute Gasteiger partial charge is 0.328 e. The molecule has 0 aromatic carbocycles. The van der Waals surface area contributed by atoms with Crippen molar-refractivity contribution in [3.05, 3.63) is 12.2 Å². The second-order valence-electron chi connectivity index (χ2n) is 3.78. The van der Waals surface area contributed by atoms with Gasteiger partial charge in [-0.2, -0.15) is 0 Å². The van der Waals surface area contributed by atoms with Crippen LogP contribution in [0, 0.1) is 5.92 Å². The number of aliphatic carboxylic acids is 1. The van der Waals surface area contributed by atoms with Gasteiger partial charge in [-0.15, -0.1) is 0 Å². The molecule has 0 unspecified atom stereocenters. The first-order valence-corrected chi connectivity index (χ1v) is 5.75. The Labute approximate surface area is 92.8 Å². The summed E-state index contributed by atoms with van der Waals surface area (Å²) in [6.45, 7) is 9.29. The molecule has 0 saturated heterocycles. The lowest BCUT2D eigenvalue weighted by atomic mass is 10.0. The van der Waals surface area contributed by atoms with Gasteiger partial charge in [0.15, 0.2) is 0 Å². The van der Waals surface area contributed by atoms with Gasteiger partial charge in [0.2, 0.25) is 0 Å². The number of hydrogen-bond donors (Lipinski definition) is 1. The SMILES string of the molecule is CCC(CC)CN(CC)CC=CC(=O)O. The standard InChI is InChI=1S/C12H23NO2/c1-4-11(5-2)10-13(6-3)9-7-8-12(14)15/h7-8,11H,4-6,9-10H2,1-3H3,(H,14,15). The number of rotatable bonds is 8. The number of likely N-dealkylation sites (N-methyl/N-ethyl adjacent to an activating group) is 1. The zero-order chi connectivity index (χ0) is 11.7. The third-order valence-electron chi connectivity index (χ3n) is 2.74. The summed E-state index contributed by atoms with van der Waals surface area (Å²) in [6, 6.07) is 0. The van der Waals surface area contributed by atoms with Crippen molar-refractivity contribution >= 4 is 5.97 Å². The monoisotopic (exact) mass is 213 g/mol. The van der Waals surface area contributed by atoms with Gasteiger partial charge < -0.3 is 5.11 Å². The van der Waals surface area contributed by atoms with Crippen LogP contribution in [0.2, 0.25) is 0 Å². The van der Waals surface area contributed by atoms with Crippen LogP contribution >= 0.6 is 0 Å². The molecule has 0 aliphatic carbocycles. The van der Waals surface area contributed by atoms with Gasteiger partial charge in [-0.3, -0.25) is 4.90 Å². The topological polar surface area (TPSA) is 40.5 Å². The third-order valence-corrected chi connectivity index (χ3v) is 2.74. The molecule has 0 bridgehead atoms. The highest BCUT2D eigenvalue weighted by molar-refractivity contribution is 5.79. The van der Waals surface area contributed by atoms with E-state index in [4.69, 9.17) is 5.11 Å². The summed E-state index contributed by atoms with van der Waals surface area (Å²) in [5.74, 6) is -0.142. The van der Waals surface area contributed by atoms with Crippen LogP contribution in [0.5, 0.6) is 0 Å². The van der Waals surface area contributed by atoms with E-state index in [0.29, 0.717) is 0 Å². The van der Waals surface area contributed by atoms with Gasteiger partial charge in [-0.05, 0) is 12.5 Å². The molecule has 15 heavy (non-hydrogen) atoms. The van der Waals surface area contributed by atoms with Crippen molar-refractivity contribution in [1.29, 1.82) is 0 Å². The van der Waals surface area contributed by atoms with Gasteiger partial charge in [0.05, 0.1) is 0 Å². The van der Waals surface area contributed by atoms with Gasteiger partial charge in [0, 0.05) is 19.2 Å². The van der Waals surface area contributed by atoms with Crippen molar-refractivity contribution in [3.8, 4) is 0 Å². The van der Waals surface area contributed by atoms with E-state index >= 15 is 0 Å². The molecular formula is C12H23NO2. The van der Waals surface area contributed by atoms with E-state index in [1.807, 2.05) is 0 Å². The highest BCUT2D eigenvalue weighted by atomic mass is 16.4. The van der Waals surface area contributed by atoms with Gasteiger partial charge in [0.1, 0.15) is 0 Å². The molecule has 0 radical (unpaired) electrons. The minimum atomic E-state index is -0.867. The van der Waals surface area contributed by atoms with Crippen LogP contribution in [-0.4, -0.2) is 35.6 Å². The molecule has 0 atom stereocenters. The van der Waals surface area contributed by atoms with E-state index in [0.717, 1.165) is 25.6 Å². The van der Waals surface area contributed by atoms with E-state index in [2.05, 4.69) is 25.7 Å². The molecule has 0 aliphatic rings. The van der Waals surface area contributed by atoms with E-state index in [9.17, 15) is 4.79 Å². The first-order chi connectivity index (χ1) is 7.13. The van der Waals surface area contributed by atoms with E-state index in [-0.39, 0.29) is 0 Å². The minimum Gasteiger partial charge on any atom is -0.478 e. The lowest BCUT2D eigenvalue weighted by molar-refractivity contribution is -0.131. The maximum absolute atomic E-state index is 10.3. The van der Waals surface area contributed by atoms with Crippen LogP contribution in [0.4, 0.5) is 0 Å². The summed E-state index contributed by atoms with van der Waals surface area (Å²) in [5, 5.41) is 8.47. The first-order valence-electron chi connectivity index (χ1n) is 5.75. The molecule has 0 saturated carbocycles. The average molecular weight is 213 g/mol. The molecule has 3 heteroatoms. The first kappa shape index (κ1) is 14.2. The van der Waals surface area contributed by atoms with Crippen LogP contribution in [0.3, 0.4) is 0 Å². The van der Waals surface area contributed by atoms with Crippen LogP contribution in [0.25, 0.3) is 0 Å². The summed E-state index contributed by atoms with van der Waals surface area (Å²) < 4.78 is 0.